The molecular formula is C12H21N3OS. The van der Waals surface area contributed by atoms with Crippen molar-refractivity contribution in [3.05, 3.63) is 16.1 Å². The Kier molecular flexibility index (Phi) is 5.58. The minimum atomic E-state index is -0.0348. The van der Waals surface area contributed by atoms with Crippen LogP contribution in [0.1, 0.15) is 43.9 Å². The van der Waals surface area contributed by atoms with Gasteiger partial charge in [-0.25, -0.2) is 4.98 Å². The van der Waals surface area contributed by atoms with Gasteiger partial charge in [0.05, 0.1) is 18.2 Å². The number of aromatic nitrogens is 1. The molecule has 3 N–H and O–H groups in total. The molecule has 17 heavy (non-hydrogen) atoms. The number of thiazole rings is 1. The first-order chi connectivity index (χ1) is 8.04. The molecule has 0 aliphatic carbocycles. The van der Waals surface area contributed by atoms with Crippen LogP contribution in [-0.4, -0.2) is 17.4 Å². The second kappa shape index (κ2) is 6.71. The van der Waals surface area contributed by atoms with Gasteiger partial charge < -0.3 is 11.1 Å². The first-order valence-corrected chi connectivity index (χ1v) is 6.89. The maximum atomic E-state index is 11.5. The van der Waals surface area contributed by atoms with Crippen LogP contribution in [0.2, 0.25) is 0 Å². The van der Waals surface area contributed by atoms with Crippen LogP contribution < -0.4 is 11.1 Å². The second-order valence-corrected chi connectivity index (χ2v) is 5.36. The van der Waals surface area contributed by atoms with Gasteiger partial charge in [0.25, 0.3) is 0 Å². The predicted octanol–water partition coefficient (Wildman–Crippen LogP) is 1.87. The molecule has 1 rings (SSSR count). The van der Waals surface area contributed by atoms with E-state index in [-0.39, 0.29) is 11.9 Å². The van der Waals surface area contributed by atoms with Crippen LogP contribution in [-0.2, 0) is 11.2 Å². The van der Waals surface area contributed by atoms with E-state index in [4.69, 9.17) is 5.73 Å². The van der Waals surface area contributed by atoms with Gasteiger partial charge in [0.2, 0.25) is 5.91 Å². The van der Waals surface area contributed by atoms with Crippen molar-refractivity contribution >= 4 is 17.2 Å². The average molecular weight is 255 g/mol. The predicted molar refractivity (Wildman–Crippen MR) is 70.9 cm³/mol. The molecule has 0 fully saturated rings. The zero-order valence-electron chi connectivity index (χ0n) is 10.7. The quantitative estimate of drug-likeness (QED) is 0.815. The number of carbonyl (C=O) groups excluding carboxylic acids is 1. The normalized spacial score (nSPS) is 12.8. The number of nitrogens with zero attached hydrogens (tertiary/aromatic N) is 1. The Hall–Kier alpha value is -0.940. The summed E-state index contributed by atoms with van der Waals surface area (Å²) in [7, 11) is 0. The van der Waals surface area contributed by atoms with Crippen LogP contribution in [0.3, 0.4) is 0 Å². The number of amides is 1. The molecule has 1 atom stereocenters. The van der Waals surface area contributed by atoms with Crippen molar-refractivity contribution in [2.45, 2.75) is 39.7 Å². The first kappa shape index (κ1) is 14.1. The molecule has 0 spiro atoms. The highest BCUT2D eigenvalue weighted by Gasteiger charge is 2.15. The van der Waals surface area contributed by atoms with Gasteiger partial charge in [-0.2, -0.15) is 0 Å². The molecule has 1 unspecified atom stereocenters. The van der Waals surface area contributed by atoms with Crippen LogP contribution in [0.5, 0.6) is 0 Å². The van der Waals surface area contributed by atoms with Crippen molar-refractivity contribution in [1.82, 2.24) is 10.3 Å². The zero-order valence-corrected chi connectivity index (χ0v) is 11.5. The van der Waals surface area contributed by atoms with Gasteiger partial charge in [-0.05, 0) is 12.3 Å². The smallest absolute Gasteiger partial charge is 0.226 e. The highest BCUT2D eigenvalue weighted by atomic mass is 32.1. The van der Waals surface area contributed by atoms with Gasteiger partial charge in [0.15, 0.2) is 0 Å². The molecule has 0 saturated heterocycles. The first-order valence-electron chi connectivity index (χ1n) is 6.01. The standard InChI is InChI=1S/C12H21N3OS/c1-4-5-14-10(16)6-9-7-17-12(15-9)11(13)8(2)3/h7-8,11H,4-6,13H2,1-3H3,(H,14,16). The third-order valence-electron chi connectivity index (χ3n) is 2.49. The Morgan fingerprint density at radius 1 is 1.59 bits per heavy atom. The Morgan fingerprint density at radius 3 is 2.88 bits per heavy atom. The largest absolute Gasteiger partial charge is 0.356 e. The van der Waals surface area contributed by atoms with Gasteiger partial charge in [-0.3, -0.25) is 4.79 Å². The highest BCUT2D eigenvalue weighted by molar-refractivity contribution is 7.09. The minimum absolute atomic E-state index is 0.0295. The Morgan fingerprint density at radius 2 is 2.29 bits per heavy atom. The molecule has 96 valence electrons. The summed E-state index contributed by atoms with van der Waals surface area (Å²) in [5.74, 6) is 0.393. The van der Waals surface area contributed by atoms with E-state index in [0.717, 1.165) is 23.7 Å². The lowest BCUT2D eigenvalue weighted by Gasteiger charge is -2.11. The maximum absolute atomic E-state index is 11.5. The maximum Gasteiger partial charge on any atom is 0.226 e. The van der Waals surface area contributed by atoms with Crippen molar-refractivity contribution in [1.29, 1.82) is 0 Å². The van der Waals surface area contributed by atoms with Gasteiger partial charge in [0, 0.05) is 11.9 Å². The van der Waals surface area contributed by atoms with Crippen molar-refractivity contribution in [2.75, 3.05) is 6.54 Å². The zero-order chi connectivity index (χ0) is 12.8. The van der Waals surface area contributed by atoms with Crippen molar-refractivity contribution in [2.24, 2.45) is 11.7 Å². The van der Waals surface area contributed by atoms with E-state index >= 15 is 0 Å². The highest BCUT2D eigenvalue weighted by Crippen LogP contribution is 2.22. The topological polar surface area (TPSA) is 68.0 Å². The molecule has 1 aromatic rings. The lowest BCUT2D eigenvalue weighted by molar-refractivity contribution is -0.120. The van der Waals surface area contributed by atoms with Crippen molar-refractivity contribution in [3.63, 3.8) is 0 Å². The van der Waals surface area contributed by atoms with Gasteiger partial charge in [-0.1, -0.05) is 20.8 Å². The molecule has 4 nitrogen and oxygen atoms in total. The van der Waals surface area contributed by atoms with E-state index in [2.05, 4.69) is 24.1 Å². The van der Waals surface area contributed by atoms with Crippen molar-refractivity contribution in [3.8, 4) is 0 Å². The molecular weight excluding hydrogens is 234 g/mol. The third-order valence-corrected chi connectivity index (χ3v) is 3.48. The molecule has 0 radical (unpaired) electrons. The van der Waals surface area contributed by atoms with E-state index in [9.17, 15) is 4.79 Å². The number of rotatable bonds is 6. The molecule has 1 aromatic heterocycles. The lowest BCUT2D eigenvalue weighted by Crippen LogP contribution is -2.25. The number of hydrogen-bond acceptors (Lipinski definition) is 4. The molecule has 0 aliphatic heterocycles. The fraction of sp³-hybridized carbons (Fsp3) is 0.667. The van der Waals surface area contributed by atoms with E-state index in [1.807, 2.05) is 12.3 Å². The van der Waals surface area contributed by atoms with E-state index in [0.29, 0.717) is 12.3 Å². The molecule has 1 amide bonds. The SMILES string of the molecule is CCCNC(=O)Cc1csc(C(N)C(C)C)n1. The Balaban J connectivity index is 2.53. The van der Waals surface area contributed by atoms with E-state index in [1.54, 1.807) is 0 Å². The second-order valence-electron chi connectivity index (χ2n) is 4.47. The fourth-order valence-electron chi connectivity index (χ4n) is 1.33. The third kappa shape index (κ3) is 4.44. The van der Waals surface area contributed by atoms with Gasteiger partial charge in [-0.15, -0.1) is 11.3 Å². The number of hydrogen-bond donors (Lipinski definition) is 2. The van der Waals surface area contributed by atoms with Crippen LogP contribution in [0.4, 0.5) is 0 Å². The van der Waals surface area contributed by atoms with Gasteiger partial charge >= 0.3 is 0 Å². The van der Waals surface area contributed by atoms with Crippen LogP contribution >= 0.6 is 11.3 Å². The lowest BCUT2D eigenvalue weighted by atomic mass is 10.1. The van der Waals surface area contributed by atoms with Crippen LogP contribution in [0.25, 0.3) is 0 Å². The Bertz CT molecular complexity index is 362. The monoisotopic (exact) mass is 255 g/mol. The fourth-order valence-corrected chi connectivity index (χ4v) is 2.33. The average Bonchev–Trinajstić information content (AvgIpc) is 2.73. The summed E-state index contributed by atoms with van der Waals surface area (Å²) in [5, 5.41) is 5.67. The molecule has 0 saturated carbocycles. The van der Waals surface area contributed by atoms with E-state index < -0.39 is 0 Å². The number of nitrogens with two attached hydrogens (primary N) is 1. The molecule has 1 heterocycles. The molecule has 0 bridgehead atoms. The molecule has 0 aliphatic rings. The summed E-state index contributed by atoms with van der Waals surface area (Å²) < 4.78 is 0. The summed E-state index contributed by atoms with van der Waals surface area (Å²) >= 11 is 1.54. The summed E-state index contributed by atoms with van der Waals surface area (Å²) in [6.07, 6.45) is 1.30. The number of nitrogens with one attached hydrogen (secondary N) is 1. The summed E-state index contributed by atoms with van der Waals surface area (Å²) in [4.78, 5) is 15.9. The summed E-state index contributed by atoms with van der Waals surface area (Å²) in [5.41, 5.74) is 6.82. The summed E-state index contributed by atoms with van der Waals surface area (Å²) in [6, 6.07) is -0.0348. The number of carbonyl (C=O) groups is 1. The summed E-state index contributed by atoms with van der Waals surface area (Å²) in [6.45, 7) is 6.89. The van der Waals surface area contributed by atoms with Crippen LogP contribution in [0.15, 0.2) is 5.38 Å². The Labute approximate surface area is 107 Å². The van der Waals surface area contributed by atoms with Gasteiger partial charge in [0.1, 0.15) is 5.01 Å². The van der Waals surface area contributed by atoms with E-state index in [1.165, 1.54) is 11.3 Å². The minimum Gasteiger partial charge on any atom is -0.356 e. The van der Waals surface area contributed by atoms with Crippen molar-refractivity contribution < 1.29 is 4.79 Å². The molecule has 0 aromatic carbocycles. The molecule has 5 heteroatoms. The van der Waals surface area contributed by atoms with Crippen LogP contribution in [0, 0.1) is 5.92 Å².